The van der Waals surface area contributed by atoms with Crippen LogP contribution in [0.1, 0.15) is 15.9 Å². The van der Waals surface area contributed by atoms with Crippen molar-refractivity contribution in [2.45, 2.75) is 0 Å². The van der Waals surface area contributed by atoms with Crippen molar-refractivity contribution in [3.63, 3.8) is 0 Å². The van der Waals surface area contributed by atoms with E-state index in [1.54, 1.807) is 38.6 Å². The maximum atomic E-state index is 12.4. The van der Waals surface area contributed by atoms with Crippen LogP contribution in [0.3, 0.4) is 0 Å². The molecule has 0 fully saturated rings. The number of allylic oxidation sites excluding steroid dienone is 1. The first-order chi connectivity index (χ1) is 11.2. The highest BCUT2D eigenvalue weighted by Gasteiger charge is 2.08. The summed E-state index contributed by atoms with van der Waals surface area (Å²) in [6.07, 6.45) is 5.06. The number of hydrogen-bond acceptors (Lipinski definition) is 3. The minimum absolute atomic E-state index is 0.0516. The SMILES string of the molecule is COc1cc(/C=C/C(=O)c2c[nH]c3ccccc23)cc(OC)c1. The second-order valence-electron chi connectivity index (χ2n) is 5.09. The Kier molecular flexibility index (Phi) is 4.15. The predicted octanol–water partition coefficient (Wildman–Crippen LogP) is 4.08. The monoisotopic (exact) mass is 307 g/mol. The zero-order chi connectivity index (χ0) is 16.2. The van der Waals surface area contributed by atoms with Gasteiger partial charge < -0.3 is 14.5 Å². The topological polar surface area (TPSA) is 51.3 Å². The van der Waals surface area contributed by atoms with Crippen molar-refractivity contribution in [2.24, 2.45) is 0 Å². The number of para-hydroxylation sites is 1. The van der Waals surface area contributed by atoms with Gasteiger partial charge in [0, 0.05) is 28.7 Å². The molecular weight excluding hydrogens is 290 g/mol. The van der Waals surface area contributed by atoms with Crippen LogP contribution in [0.4, 0.5) is 0 Å². The second kappa shape index (κ2) is 6.40. The van der Waals surface area contributed by atoms with E-state index in [1.165, 1.54) is 0 Å². The van der Waals surface area contributed by atoms with Crippen LogP contribution in [0.25, 0.3) is 17.0 Å². The summed E-state index contributed by atoms with van der Waals surface area (Å²) in [5.41, 5.74) is 2.45. The van der Waals surface area contributed by atoms with Crippen LogP contribution < -0.4 is 9.47 Å². The second-order valence-corrected chi connectivity index (χ2v) is 5.09. The summed E-state index contributed by atoms with van der Waals surface area (Å²) in [7, 11) is 3.19. The lowest BCUT2D eigenvalue weighted by atomic mass is 10.1. The summed E-state index contributed by atoms with van der Waals surface area (Å²) in [5.74, 6) is 1.32. The average molecular weight is 307 g/mol. The molecule has 1 aromatic heterocycles. The van der Waals surface area contributed by atoms with Crippen LogP contribution in [0, 0.1) is 0 Å². The summed E-state index contributed by atoms with van der Waals surface area (Å²) >= 11 is 0. The maximum absolute atomic E-state index is 12.4. The summed E-state index contributed by atoms with van der Waals surface area (Å²) in [4.78, 5) is 15.5. The Morgan fingerprint density at radius 2 is 1.74 bits per heavy atom. The molecule has 0 amide bonds. The molecule has 0 saturated heterocycles. The van der Waals surface area contributed by atoms with E-state index in [1.807, 2.05) is 36.4 Å². The first-order valence-corrected chi connectivity index (χ1v) is 7.23. The van der Waals surface area contributed by atoms with Crippen LogP contribution in [0.2, 0.25) is 0 Å². The van der Waals surface area contributed by atoms with E-state index in [0.29, 0.717) is 17.1 Å². The minimum Gasteiger partial charge on any atom is -0.497 e. The van der Waals surface area contributed by atoms with Crippen molar-refractivity contribution >= 4 is 22.8 Å². The van der Waals surface area contributed by atoms with Crippen LogP contribution in [-0.2, 0) is 0 Å². The van der Waals surface area contributed by atoms with Gasteiger partial charge >= 0.3 is 0 Å². The van der Waals surface area contributed by atoms with Gasteiger partial charge in [0.1, 0.15) is 11.5 Å². The summed E-state index contributed by atoms with van der Waals surface area (Å²) in [6, 6.07) is 13.2. The number of ketones is 1. The molecule has 0 spiro atoms. The number of ether oxygens (including phenoxy) is 2. The number of aromatic amines is 1. The van der Waals surface area contributed by atoms with Gasteiger partial charge in [0.2, 0.25) is 0 Å². The highest BCUT2D eigenvalue weighted by molar-refractivity contribution is 6.14. The molecule has 0 bridgehead atoms. The normalized spacial score (nSPS) is 11.0. The van der Waals surface area contributed by atoms with Crippen LogP contribution in [0.5, 0.6) is 11.5 Å². The first kappa shape index (κ1) is 14.9. The van der Waals surface area contributed by atoms with Gasteiger partial charge in [0.15, 0.2) is 5.78 Å². The predicted molar refractivity (Wildman–Crippen MR) is 91.2 cm³/mol. The lowest BCUT2D eigenvalue weighted by molar-refractivity contribution is 0.104. The summed E-state index contributed by atoms with van der Waals surface area (Å²) in [5, 5.41) is 0.922. The van der Waals surface area contributed by atoms with E-state index in [9.17, 15) is 4.79 Å². The van der Waals surface area contributed by atoms with Gasteiger partial charge in [-0.25, -0.2) is 0 Å². The van der Waals surface area contributed by atoms with E-state index < -0.39 is 0 Å². The van der Waals surface area contributed by atoms with Gasteiger partial charge in [-0.3, -0.25) is 4.79 Å². The molecule has 0 aliphatic carbocycles. The number of fused-ring (bicyclic) bond motifs is 1. The van der Waals surface area contributed by atoms with Gasteiger partial charge in [-0.05, 0) is 29.8 Å². The van der Waals surface area contributed by atoms with Crippen molar-refractivity contribution in [2.75, 3.05) is 14.2 Å². The Balaban J connectivity index is 1.89. The first-order valence-electron chi connectivity index (χ1n) is 7.23. The molecule has 1 N–H and O–H groups in total. The van der Waals surface area contributed by atoms with Crippen LogP contribution in [-0.4, -0.2) is 25.0 Å². The molecule has 2 aromatic carbocycles. The number of nitrogens with one attached hydrogen (secondary N) is 1. The zero-order valence-electron chi connectivity index (χ0n) is 13.0. The van der Waals surface area contributed by atoms with Gasteiger partial charge in [0.05, 0.1) is 14.2 Å². The number of benzene rings is 2. The van der Waals surface area contributed by atoms with Gasteiger partial charge in [0.25, 0.3) is 0 Å². The lowest BCUT2D eigenvalue weighted by Crippen LogP contribution is -1.92. The van der Waals surface area contributed by atoms with Crippen LogP contribution in [0.15, 0.2) is 54.7 Å². The van der Waals surface area contributed by atoms with Crippen molar-refractivity contribution < 1.29 is 14.3 Å². The molecule has 3 rings (SSSR count). The maximum Gasteiger partial charge on any atom is 0.187 e. The van der Waals surface area contributed by atoms with Crippen molar-refractivity contribution in [3.05, 3.63) is 65.9 Å². The fourth-order valence-corrected chi connectivity index (χ4v) is 2.46. The molecule has 4 heteroatoms. The van der Waals surface area contributed by atoms with Gasteiger partial charge in [-0.1, -0.05) is 24.3 Å². The Morgan fingerprint density at radius 1 is 1.04 bits per heavy atom. The number of methoxy groups -OCH3 is 2. The zero-order valence-corrected chi connectivity index (χ0v) is 13.0. The lowest BCUT2D eigenvalue weighted by Gasteiger charge is -2.05. The third-order valence-electron chi connectivity index (χ3n) is 3.66. The number of aromatic nitrogens is 1. The highest BCUT2D eigenvalue weighted by atomic mass is 16.5. The van der Waals surface area contributed by atoms with E-state index >= 15 is 0 Å². The Labute approximate surface area is 134 Å². The standard InChI is InChI=1S/C19H17NO3/c1-22-14-9-13(10-15(11-14)23-2)7-8-19(21)17-12-20-18-6-4-3-5-16(17)18/h3-12,20H,1-2H3/b8-7+. The quantitative estimate of drug-likeness (QED) is 0.571. The molecule has 0 aliphatic rings. The molecule has 0 saturated carbocycles. The Morgan fingerprint density at radius 3 is 2.43 bits per heavy atom. The number of carbonyl (C=O) groups excluding carboxylic acids is 1. The molecule has 0 aliphatic heterocycles. The Bertz CT molecular complexity index is 855. The molecular formula is C19H17NO3. The van der Waals surface area contributed by atoms with Crippen molar-refractivity contribution in [1.29, 1.82) is 0 Å². The summed E-state index contributed by atoms with van der Waals surface area (Å²) in [6.45, 7) is 0. The Hall–Kier alpha value is -3.01. The number of rotatable bonds is 5. The van der Waals surface area contributed by atoms with Gasteiger partial charge in [-0.15, -0.1) is 0 Å². The fourth-order valence-electron chi connectivity index (χ4n) is 2.46. The smallest absolute Gasteiger partial charge is 0.187 e. The molecule has 0 atom stereocenters. The van der Waals surface area contributed by atoms with Gasteiger partial charge in [-0.2, -0.15) is 0 Å². The molecule has 4 nitrogen and oxygen atoms in total. The molecule has 23 heavy (non-hydrogen) atoms. The number of carbonyl (C=O) groups is 1. The highest BCUT2D eigenvalue weighted by Crippen LogP contribution is 2.24. The molecule has 3 aromatic rings. The van der Waals surface area contributed by atoms with E-state index in [4.69, 9.17) is 9.47 Å². The fraction of sp³-hybridized carbons (Fsp3) is 0.105. The number of H-pyrrole nitrogens is 1. The van der Waals surface area contributed by atoms with Crippen molar-refractivity contribution in [1.82, 2.24) is 4.98 Å². The van der Waals surface area contributed by atoms with Crippen LogP contribution >= 0.6 is 0 Å². The van der Waals surface area contributed by atoms with Crippen molar-refractivity contribution in [3.8, 4) is 11.5 Å². The summed E-state index contributed by atoms with van der Waals surface area (Å²) < 4.78 is 10.5. The van der Waals surface area contributed by atoms with E-state index in [-0.39, 0.29) is 5.78 Å². The minimum atomic E-state index is -0.0516. The largest absolute Gasteiger partial charge is 0.497 e. The molecule has 0 unspecified atom stereocenters. The third-order valence-corrected chi connectivity index (χ3v) is 3.66. The van der Waals surface area contributed by atoms with E-state index in [0.717, 1.165) is 16.5 Å². The molecule has 116 valence electrons. The average Bonchev–Trinajstić information content (AvgIpc) is 3.03. The number of hydrogen-bond donors (Lipinski definition) is 1. The molecule has 1 heterocycles. The molecule has 0 radical (unpaired) electrons. The van der Waals surface area contributed by atoms with E-state index in [2.05, 4.69) is 4.98 Å². The third kappa shape index (κ3) is 3.11.